The van der Waals surface area contributed by atoms with Gasteiger partial charge in [-0.15, -0.1) is 0 Å². The summed E-state index contributed by atoms with van der Waals surface area (Å²) in [7, 11) is 0. The first-order chi connectivity index (χ1) is 12.1. The standard InChI is InChI=1S/C18H14FN3O3/c19-13-3-1-11(2-4-13)8-21-9-12(10-23)16-14-5-6-22(25)18(24)17(14)20-7-15(16)21/h1-7,9,23,25H,8,10H2. The largest absolute Gasteiger partial charge is 0.425 e. The van der Waals surface area contributed by atoms with Gasteiger partial charge in [0, 0.05) is 35.3 Å². The molecule has 126 valence electrons. The van der Waals surface area contributed by atoms with Crippen LogP contribution in [0.1, 0.15) is 11.1 Å². The van der Waals surface area contributed by atoms with Crippen molar-refractivity contribution < 1.29 is 14.7 Å². The molecular weight excluding hydrogens is 325 g/mol. The Labute approximate surface area is 141 Å². The number of aromatic nitrogens is 3. The first-order valence-corrected chi connectivity index (χ1v) is 7.65. The molecule has 3 aromatic heterocycles. The fourth-order valence-corrected chi connectivity index (χ4v) is 3.08. The Bertz CT molecular complexity index is 1150. The summed E-state index contributed by atoms with van der Waals surface area (Å²) >= 11 is 0. The third kappa shape index (κ3) is 2.45. The minimum atomic E-state index is -0.616. The second kappa shape index (κ2) is 5.71. The molecule has 0 unspecified atom stereocenters. The van der Waals surface area contributed by atoms with Gasteiger partial charge in [0.1, 0.15) is 11.3 Å². The van der Waals surface area contributed by atoms with Crippen LogP contribution in [0.2, 0.25) is 0 Å². The Morgan fingerprint density at radius 3 is 2.64 bits per heavy atom. The molecule has 7 heteroatoms. The Morgan fingerprint density at radius 2 is 1.92 bits per heavy atom. The highest BCUT2D eigenvalue weighted by Gasteiger charge is 2.15. The third-order valence-electron chi connectivity index (χ3n) is 4.27. The van der Waals surface area contributed by atoms with Crippen LogP contribution in [0.25, 0.3) is 21.8 Å². The van der Waals surface area contributed by atoms with Crippen LogP contribution in [-0.2, 0) is 13.2 Å². The van der Waals surface area contributed by atoms with Gasteiger partial charge in [-0.25, -0.2) is 9.37 Å². The Kier molecular flexibility index (Phi) is 3.51. The van der Waals surface area contributed by atoms with E-state index in [1.807, 2.05) is 4.57 Å². The predicted molar refractivity (Wildman–Crippen MR) is 90.1 cm³/mol. The van der Waals surface area contributed by atoms with E-state index in [0.29, 0.717) is 27.6 Å². The average Bonchev–Trinajstić information content (AvgIpc) is 2.98. The van der Waals surface area contributed by atoms with Crippen molar-refractivity contribution in [3.63, 3.8) is 0 Å². The molecule has 0 aliphatic rings. The van der Waals surface area contributed by atoms with Crippen LogP contribution in [0.4, 0.5) is 4.39 Å². The van der Waals surface area contributed by atoms with E-state index in [1.165, 1.54) is 18.3 Å². The molecule has 0 aliphatic heterocycles. The predicted octanol–water partition coefficient (Wildman–Crippen LogP) is 2.27. The third-order valence-corrected chi connectivity index (χ3v) is 4.27. The molecule has 0 fully saturated rings. The molecule has 0 atom stereocenters. The maximum absolute atomic E-state index is 13.1. The minimum absolute atomic E-state index is 0.131. The first-order valence-electron chi connectivity index (χ1n) is 7.65. The van der Waals surface area contributed by atoms with Gasteiger partial charge in [-0.3, -0.25) is 4.79 Å². The van der Waals surface area contributed by atoms with E-state index >= 15 is 0 Å². The Balaban J connectivity index is 1.95. The van der Waals surface area contributed by atoms with Crippen molar-refractivity contribution in [1.82, 2.24) is 14.3 Å². The van der Waals surface area contributed by atoms with E-state index < -0.39 is 5.56 Å². The highest BCUT2D eigenvalue weighted by atomic mass is 19.1. The minimum Gasteiger partial charge on any atom is -0.425 e. The number of rotatable bonds is 3. The molecule has 0 radical (unpaired) electrons. The van der Waals surface area contributed by atoms with E-state index in [0.717, 1.165) is 11.1 Å². The van der Waals surface area contributed by atoms with Crippen molar-refractivity contribution in [1.29, 1.82) is 0 Å². The quantitative estimate of drug-likeness (QED) is 0.561. The van der Waals surface area contributed by atoms with Crippen LogP contribution in [-0.4, -0.2) is 24.6 Å². The van der Waals surface area contributed by atoms with E-state index in [4.69, 9.17) is 0 Å². The van der Waals surface area contributed by atoms with Gasteiger partial charge >= 0.3 is 5.56 Å². The first kappa shape index (κ1) is 15.3. The van der Waals surface area contributed by atoms with E-state index in [9.17, 15) is 19.5 Å². The van der Waals surface area contributed by atoms with Crippen LogP contribution >= 0.6 is 0 Å². The average molecular weight is 339 g/mol. The van der Waals surface area contributed by atoms with Gasteiger partial charge in [-0.1, -0.05) is 12.1 Å². The smallest absolute Gasteiger partial charge is 0.309 e. The molecule has 0 amide bonds. The summed E-state index contributed by atoms with van der Waals surface area (Å²) < 4.78 is 15.5. The molecule has 0 saturated carbocycles. The SMILES string of the molecule is O=c1c2ncc3c(c(CO)cn3Cc3ccc(F)cc3)c2ccn1O. The summed E-state index contributed by atoms with van der Waals surface area (Å²) in [4.78, 5) is 16.2. The normalized spacial score (nSPS) is 11.4. The maximum Gasteiger partial charge on any atom is 0.309 e. The van der Waals surface area contributed by atoms with E-state index in [-0.39, 0.29) is 17.9 Å². The lowest BCUT2D eigenvalue weighted by Gasteiger charge is -2.06. The molecule has 0 saturated heterocycles. The summed E-state index contributed by atoms with van der Waals surface area (Å²) in [5, 5.41) is 20.5. The molecule has 2 N–H and O–H groups in total. The van der Waals surface area contributed by atoms with Gasteiger partial charge in [-0.05, 0) is 23.8 Å². The molecule has 0 aliphatic carbocycles. The number of fused-ring (bicyclic) bond motifs is 3. The molecular formula is C18H14FN3O3. The van der Waals surface area contributed by atoms with Crippen LogP contribution in [0.5, 0.6) is 0 Å². The summed E-state index contributed by atoms with van der Waals surface area (Å²) in [5.74, 6) is -0.301. The fraction of sp³-hybridized carbons (Fsp3) is 0.111. The lowest BCUT2D eigenvalue weighted by atomic mass is 10.1. The monoisotopic (exact) mass is 339 g/mol. The number of pyridine rings is 2. The lowest BCUT2D eigenvalue weighted by molar-refractivity contribution is 0.176. The summed E-state index contributed by atoms with van der Waals surface area (Å²) in [5.41, 5.74) is 1.81. The lowest BCUT2D eigenvalue weighted by Crippen LogP contribution is -2.17. The van der Waals surface area contributed by atoms with Gasteiger partial charge in [0.15, 0.2) is 0 Å². The summed E-state index contributed by atoms with van der Waals surface area (Å²) in [6.45, 7) is 0.273. The van der Waals surface area contributed by atoms with Gasteiger partial charge in [0.25, 0.3) is 0 Å². The maximum atomic E-state index is 13.1. The van der Waals surface area contributed by atoms with Gasteiger partial charge in [0.05, 0.1) is 18.3 Å². The van der Waals surface area contributed by atoms with Gasteiger partial charge < -0.3 is 14.9 Å². The molecule has 6 nitrogen and oxygen atoms in total. The summed E-state index contributed by atoms with van der Waals surface area (Å²) in [6.07, 6.45) is 4.59. The molecule has 25 heavy (non-hydrogen) atoms. The van der Waals surface area contributed by atoms with Crippen molar-refractivity contribution in [3.05, 3.63) is 76.2 Å². The number of hydrogen-bond donors (Lipinski definition) is 2. The van der Waals surface area contributed by atoms with Crippen LogP contribution in [0, 0.1) is 5.82 Å². The fourth-order valence-electron chi connectivity index (χ4n) is 3.08. The van der Waals surface area contributed by atoms with Gasteiger partial charge in [-0.2, -0.15) is 4.73 Å². The number of nitrogens with zero attached hydrogens (tertiary/aromatic N) is 3. The molecule has 0 bridgehead atoms. The Morgan fingerprint density at radius 1 is 1.16 bits per heavy atom. The molecule has 3 heterocycles. The number of hydrogen-bond acceptors (Lipinski definition) is 4. The topological polar surface area (TPSA) is 80.3 Å². The molecule has 0 spiro atoms. The zero-order chi connectivity index (χ0) is 17.6. The highest BCUT2D eigenvalue weighted by molar-refractivity contribution is 6.06. The van der Waals surface area contributed by atoms with Crippen LogP contribution in [0.15, 0.2) is 53.7 Å². The van der Waals surface area contributed by atoms with E-state index in [1.54, 1.807) is 30.6 Å². The van der Waals surface area contributed by atoms with Crippen molar-refractivity contribution in [3.8, 4) is 0 Å². The van der Waals surface area contributed by atoms with Crippen molar-refractivity contribution >= 4 is 21.8 Å². The van der Waals surface area contributed by atoms with Crippen LogP contribution in [0.3, 0.4) is 0 Å². The zero-order valence-corrected chi connectivity index (χ0v) is 13.1. The summed E-state index contributed by atoms with van der Waals surface area (Å²) in [6, 6.07) is 7.77. The van der Waals surface area contributed by atoms with Gasteiger partial charge in [0.2, 0.25) is 0 Å². The highest BCUT2D eigenvalue weighted by Crippen LogP contribution is 2.28. The Hall–Kier alpha value is -3.19. The molecule has 4 rings (SSSR count). The number of aliphatic hydroxyl groups excluding tert-OH is 1. The van der Waals surface area contributed by atoms with E-state index in [2.05, 4.69) is 4.98 Å². The zero-order valence-electron chi connectivity index (χ0n) is 13.1. The molecule has 4 aromatic rings. The second-order valence-electron chi connectivity index (χ2n) is 5.81. The van der Waals surface area contributed by atoms with Crippen molar-refractivity contribution in [2.24, 2.45) is 0 Å². The number of benzene rings is 1. The second-order valence-corrected chi connectivity index (χ2v) is 5.81. The molecule has 1 aromatic carbocycles. The van der Waals surface area contributed by atoms with Crippen molar-refractivity contribution in [2.45, 2.75) is 13.2 Å². The van der Waals surface area contributed by atoms with Crippen molar-refractivity contribution in [2.75, 3.05) is 0 Å². The number of halogens is 1. The number of aliphatic hydroxyl groups is 1. The van der Waals surface area contributed by atoms with Crippen LogP contribution < -0.4 is 5.56 Å².